The van der Waals surface area contributed by atoms with Crippen LogP contribution in [0, 0.1) is 18.8 Å². The molecule has 0 spiro atoms. The Labute approximate surface area is 155 Å². The van der Waals surface area contributed by atoms with E-state index in [-0.39, 0.29) is 36.0 Å². The van der Waals surface area contributed by atoms with Crippen LogP contribution in [0.25, 0.3) is 0 Å². The number of carbonyl (C=O) groups excluding carboxylic acids is 3. The largest absolute Gasteiger partial charge is 0.326 e. The highest BCUT2D eigenvalue weighted by Crippen LogP contribution is 2.35. The Hall–Kier alpha value is -1.95. The van der Waals surface area contributed by atoms with Crippen molar-refractivity contribution in [3.8, 4) is 0 Å². The highest BCUT2D eigenvalue weighted by molar-refractivity contribution is 9.10. The SMILES string of the molecule is Cc1cc(Br)ccc1NC(=O)CCCN1C(=O)[C@@H]2CC=CC[C@H]2C1=O. The van der Waals surface area contributed by atoms with E-state index in [0.717, 1.165) is 15.7 Å². The lowest BCUT2D eigenvalue weighted by atomic mass is 9.85. The fourth-order valence-corrected chi connectivity index (χ4v) is 3.94. The van der Waals surface area contributed by atoms with Gasteiger partial charge in [0.15, 0.2) is 0 Å². The highest BCUT2D eigenvalue weighted by atomic mass is 79.9. The minimum absolute atomic E-state index is 0.0801. The number of imide groups is 1. The minimum Gasteiger partial charge on any atom is -0.326 e. The first kappa shape index (κ1) is 17.9. The van der Waals surface area contributed by atoms with E-state index in [2.05, 4.69) is 21.2 Å². The zero-order valence-electron chi connectivity index (χ0n) is 14.1. The van der Waals surface area contributed by atoms with E-state index < -0.39 is 0 Å². The molecule has 3 amide bonds. The van der Waals surface area contributed by atoms with E-state index in [1.165, 1.54) is 4.90 Å². The van der Waals surface area contributed by atoms with Gasteiger partial charge in [-0.2, -0.15) is 0 Å². The predicted octanol–water partition coefficient (Wildman–Crippen LogP) is 3.43. The fourth-order valence-electron chi connectivity index (χ4n) is 3.47. The van der Waals surface area contributed by atoms with Gasteiger partial charge in [0.25, 0.3) is 0 Å². The Kier molecular flexibility index (Phi) is 5.37. The smallest absolute Gasteiger partial charge is 0.233 e. The van der Waals surface area contributed by atoms with E-state index in [9.17, 15) is 14.4 Å². The molecule has 1 N–H and O–H groups in total. The molecular formula is C19H21BrN2O3. The van der Waals surface area contributed by atoms with E-state index >= 15 is 0 Å². The molecule has 5 nitrogen and oxygen atoms in total. The van der Waals surface area contributed by atoms with Gasteiger partial charge in [-0.3, -0.25) is 19.3 Å². The number of carbonyl (C=O) groups is 3. The standard InChI is InChI=1S/C19H21BrN2O3/c1-12-11-13(20)8-9-16(12)21-17(23)7-4-10-22-18(24)14-5-2-3-6-15(14)19(22)25/h2-3,8-9,11,14-15H,4-7,10H2,1H3,(H,21,23)/t14-,15-/m1/s1. The van der Waals surface area contributed by atoms with Crippen LogP contribution in [0.15, 0.2) is 34.8 Å². The normalized spacial score (nSPS) is 22.2. The van der Waals surface area contributed by atoms with E-state index in [4.69, 9.17) is 0 Å². The Morgan fingerprint density at radius 2 is 1.84 bits per heavy atom. The zero-order valence-corrected chi connectivity index (χ0v) is 15.7. The summed E-state index contributed by atoms with van der Waals surface area (Å²) in [5.41, 5.74) is 1.75. The molecule has 1 saturated heterocycles. The number of nitrogens with one attached hydrogen (secondary N) is 1. The first-order valence-corrected chi connectivity index (χ1v) is 9.33. The quantitative estimate of drug-likeness (QED) is 0.603. The average molecular weight is 405 g/mol. The molecule has 1 fully saturated rings. The molecule has 1 aromatic rings. The predicted molar refractivity (Wildman–Crippen MR) is 98.8 cm³/mol. The molecule has 0 unspecified atom stereocenters. The van der Waals surface area contributed by atoms with Gasteiger partial charge in [-0.05, 0) is 49.9 Å². The Morgan fingerprint density at radius 3 is 2.44 bits per heavy atom. The van der Waals surface area contributed by atoms with Gasteiger partial charge in [0, 0.05) is 23.1 Å². The van der Waals surface area contributed by atoms with E-state index in [1.54, 1.807) is 0 Å². The van der Waals surface area contributed by atoms with Crippen molar-refractivity contribution in [1.82, 2.24) is 4.90 Å². The lowest BCUT2D eigenvalue weighted by Crippen LogP contribution is -2.32. The van der Waals surface area contributed by atoms with Crippen LogP contribution in [0.2, 0.25) is 0 Å². The van der Waals surface area contributed by atoms with Crippen LogP contribution >= 0.6 is 15.9 Å². The number of rotatable bonds is 5. The van der Waals surface area contributed by atoms with Crippen LogP contribution in [-0.4, -0.2) is 29.2 Å². The Balaban J connectivity index is 1.50. The molecule has 132 valence electrons. The van der Waals surface area contributed by atoms with Crippen molar-refractivity contribution in [1.29, 1.82) is 0 Å². The third kappa shape index (κ3) is 3.84. The molecule has 1 aromatic carbocycles. The van der Waals surface area contributed by atoms with E-state index in [1.807, 2.05) is 37.3 Å². The number of benzene rings is 1. The summed E-state index contributed by atoms with van der Waals surface area (Å²) in [5, 5.41) is 2.88. The van der Waals surface area contributed by atoms with Gasteiger partial charge in [-0.15, -0.1) is 0 Å². The number of hydrogen-bond donors (Lipinski definition) is 1. The highest BCUT2D eigenvalue weighted by Gasteiger charge is 2.46. The summed E-state index contributed by atoms with van der Waals surface area (Å²) in [7, 11) is 0. The lowest BCUT2D eigenvalue weighted by molar-refractivity contribution is -0.140. The first-order chi connectivity index (χ1) is 12.0. The number of aryl methyl sites for hydroxylation is 1. The molecule has 3 rings (SSSR count). The number of nitrogens with zero attached hydrogens (tertiary/aromatic N) is 1. The summed E-state index contributed by atoms with van der Waals surface area (Å²) in [6.07, 6.45) is 6.00. The van der Waals surface area contributed by atoms with Crippen LogP contribution in [0.5, 0.6) is 0 Å². The molecule has 2 aliphatic rings. The molecule has 1 heterocycles. The van der Waals surface area contributed by atoms with Crippen LogP contribution in [0.4, 0.5) is 5.69 Å². The minimum atomic E-state index is -0.197. The molecule has 2 atom stereocenters. The van der Waals surface area contributed by atoms with Crippen molar-refractivity contribution in [2.24, 2.45) is 11.8 Å². The first-order valence-electron chi connectivity index (χ1n) is 8.53. The van der Waals surface area contributed by atoms with Crippen molar-refractivity contribution in [2.45, 2.75) is 32.6 Å². The fraction of sp³-hybridized carbons (Fsp3) is 0.421. The van der Waals surface area contributed by atoms with Crippen LogP contribution < -0.4 is 5.32 Å². The summed E-state index contributed by atoms with van der Waals surface area (Å²) in [4.78, 5) is 38.2. The molecule has 1 aliphatic carbocycles. The number of anilines is 1. The van der Waals surface area contributed by atoms with Crippen molar-refractivity contribution < 1.29 is 14.4 Å². The number of halogens is 1. The zero-order chi connectivity index (χ0) is 18.0. The number of likely N-dealkylation sites (tertiary alicyclic amines) is 1. The summed E-state index contributed by atoms with van der Waals surface area (Å²) in [6, 6.07) is 5.66. The maximum absolute atomic E-state index is 12.4. The van der Waals surface area contributed by atoms with Crippen LogP contribution in [-0.2, 0) is 14.4 Å². The maximum Gasteiger partial charge on any atom is 0.233 e. The van der Waals surface area contributed by atoms with Crippen molar-refractivity contribution in [2.75, 3.05) is 11.9 Å². The molecule has 6 heteroatoms. The van der Waals surface area contributed by atoms with Gasteiger partial charge < -0.3 is 5.32 Å². The second-order valence-corrected chi connectivity index (χ2v) is 7.51. The van der Waals surface area contributed by atoms with Crippen LogP contribution in [0.3, 0.4) is 0 Å². The molecule has 0 radical (unpaired) electrons. The monoisotopic (exact) mass is 404 g/mol. The molecule has 25 heavy (non-hydrogen) atoms. The Morgan fingerprint density at radius 1 is 1.20 bits per heavy atom. The van der Waals surface area contributed by atoms with Gasteiger partial charge in [-0.1, -0.05) is 28.1 Å². The second kappa shape index (κ2) is 7.52. The third-order valence-electron chi connectivity index (χ3n) is 4.85. The summed E-state index contributed by atoms with van der Waals surface area (Å²) in [5.74, 6) is -0.663. The van der Waals surface area contributed by atoms with Crippen LogP contribution in [0.1, 0.15) is 31.2 Å². The van der Waals surface area contributed by atoms with Gasteiger partial charge in [-0.25, -0.2) is 0 Å². The third-order valence-corrected chi connectivity index (χ3v) is 5.34. The van der Waals surface area contributed by atoms with Gasteiger partial charge in [0.2, 0.25) is 17.7 Å². The van der Waals surface area contributed by atoms with E-state index in [0.29, 0.717) is 25.8 Å². The topological polar surface area (TPSA) is 66.5 Å². The number of allylic oxidation sites excluding steroid dienone is 2. The van der Waals surface area contributed by atoms with Gasteiger partial charge in [0.05, 0.1) is 11.8 Å². The Bertz CT molecular complexity index is 718. The molecule has 0 saturated carbocycles. The number of fused-ring (bicyclic) bond motifs is 1. The number of hydrogen-bond acceptors (Lipinski definition) is 3. The summed E-state index contributed by atoms with van der Waals surface area (Å²) >= 11 is 3.39. The second-order valence-electron chi connectivity index (χ2n) is 6.59. The van der Waals surface area contributed by atoms with Gasteiger partial charge in [0.1, 0.15) is 0 Å². The van der Waals surface area contributed by atoms with Crippen molar-refractivity contribution >= 4 is 39.3 Å². The van der Waals surface area contributed by atoms with Crippen molar-refractivity contribution in [3.05, 3.63) is 40.4 Å². The molecule has 0 bridgehead atoms. The average Bonchev–Trinajstić information content (AvgIpc) is 2.83. The summed E-state index contributed by atoms with van der Waals surface area (Å²) in [6.45, 7) is 2.25. The summed E-state index contributed by atoms with van der Waals surface area (Å²) < 4.78 is 0.963. The molecular weight excluding hydrogens is 384 g/mol. The maximum atomic E-state index is 12.4. The number of amides is 3. The lowest BCUT2D eigenvalue weighted by Gasteiger charge is -2.14. The van der Waals surface area contributed by atoms with Gasteiger partial charge >= 0.3 is 0 Å². The molecule has 1 aliphatic heterocycles. The van der Waals surface area contributed by atoms with Crippen molar-refractivity contribution in [3.63, 3.8) is 0 Å². The molecule has 0 aromatic heterocycles.